The Hall–Kier alpha value is -0.420. The van der Waals surface area contributed by atoms with Crippen LogP contribution in [0.4, 0.5) is 0 Å². The molecular weight excluding hydrogens is 206 g/mol. The summed E-state index contributed by atoms with van der Waals surface area (Å²) in [6, 6.07) is -0.265. The third-order valence-corrected chi connectivity index (χ3v) is 3.38. The highest BCUT2D eigenvalue weighted by Gasteiger charge is 2.32. The standard InChI is InChI=1S/C12H23NO3/c1-3-8(4-2)7-13-9-5-6-10(14)12(16)11(9)15/h5-6,8-16H,3-4,7H2,1-2H3/t9-,10+,11+,12+/m1/s1. The molecule has 94 valence electrons. The third kappa shape index (κ3) is 3.28. The van der Waals surface area contributed by atoms with E-state index >= 15 is 0 Å². The molecule has 0 radical (unpaired) electrons. The number of hydrogen-bond donors (Lipinski definition) is 4. The van der Waals surface area contributed by atoms with Gasteiger partial charge in [0.25, 0.3) is 0 Å². The van der Waals surface area contributed by atoms with Crippen LogP contribution in [0.5, 0.6) is 0 Å². The molecule has 0 aromatic heterocycles. The molecule has 0 amide bonds. The smallest absolute Gasteiger partial charge is 0.111 e. The molecule has 4 heteroatoms. The molecular formula is C12H23NO3. The minimum Gasteiger partial charge on any atom is -0.388 e. The Kier molecular flexibility index (Phi) is 5.41. The van der Waals surface area contributed by atoms with Crippen molar-refractivity contribution in [1.29, 1.82) is 0 Å². The lowest BCUT2D eigenvalue weighted by Crippen LogP contribution is -2.52. The minimum absolute atomic E-state index is 0.265. The van der Waals surface area contributed by atoms with E-state index in [0.29, 0.717) is 5.92 Å². The number of aliphatic hydroxyl groups excluding tert-OH is 3. The fourth-order valence-corrected chi connectivity index (χ4v) is 1.94. The normalized spacial score (nSPS) is 34.6. The van der Waals surface area contributed by atoms with Gasteiger partial charge in [-0.2, -0.15) is 0 Å². The van der Waals surface area contributed by atoms with Gasteiger partial charge in [0.05, 0.1) is 6.04 Å². The van der Waals surface area contributed by atoms with Gasteiger partial charge in [0.15, 0.2) is 0 Å². The summed E-state index contributed by atoms with van der Waals surface area (Å²) >= 11 is 0. The predicted octanol–water partition coefficient (Wildman–Crippen LogP) is 0.0333. The molecule has 0 aromatic rings. The van der Waals surface area contributed by atoms with Crippen molar-refractivity contribution in [2.75, 3.05) is 6.54 Å². The maximum atomic E-state index is 9.74. The van der Waals surface area contributed by atoms with Crippen molar-refractivity contribution < 1.29 is 15.3 Å². The van der Waals surface area contributed by atoms with Gasteiger partial charge in [0.2, 0.25) is 0 Å². The van der Waals surface area contributed by atoms with Crippen LogP contribution in [0.2, 0.25) is 0 Å². The fourth-order valence-electron chi connectivity index (χ4n) is 1.94. The first-order valence-electron chi connectivity index (χ1n) is 6.06. The molecule has 4 N–H and O–H groups in total. The summed E-state index contributed by atoms with van der Waals surface area (Å²) < 4.78 is 0. The maximum Gasteiger partial charge on any atom is 0.111 e. The van der Waals surface area contributed by atoms with E-state index in [4.69, 9.17) is 0 Å². The highest BCUT2D eigenvalue weighted by atomic mass is 16.4. The topological polar surface area (TPSA) is 72.7 Å². The second-order valence-electron chi connectivity index (χ2n) is 4.47. The number of rotatable bonds is 5. The first kappa shape index (κ1) is 13.6. The minimum atomic E-state index is -1.09. The quantitative estimate of drug-likeness (QED) is 0.502. The summed E-state index contributed by atoms with van der Waals surface area (Å²) in [5, 5.41) is 31.8. The Morgan fingerprint density at radius 1 is 1.06 bits per heavy atom. The summed E-state index contributed by atoms with van der Waals surface area (Å²) in [6.45, 7) is 5.10. The lowest BCUT2D eigenvalue weighted by molar-refractivity contribution is -0.0568. The zero-order chi connectivity index (χ0) is 12.1. The third-order valence-electron chi connectivity index (χ3n) is 3.38. The van der Waals surface area contributed by atoms with Crippen molar-refractivity contribution in [2.24, 2.45) is 5.92 Å². The summed E-state index contributed by atoms with van der Waals surface area (Å²) in [5.74, 6) is 0.588. The van der Waals surface area contributed by atoms with Gasteiger partial charge in [0.1, 0.15) is 18.3 Å². The Morgan fingerprint density at radius 3 is 2.25 bits per heavy atom. The number of nitrogens with one attached hydrogen (secondary N) is 1. The number of hydrogen-bond acceptors (Lipinski definition) is 4. The molecule has 1 aliphatic carbocycles. The van der Waals surface area contributed by atoms with Crippen LogP contribution < -0.4 is 5.32 Å². The van der Waals surface area contributed by atoms with E-state index in [1.807, 2.05) is 0 Å². The van der Waals surface area contributed by atoms with Crippen molar-refractivity contribution >= 4 is 0 Å². The molecule has 0 saturated heterocycles. The molecule has 0 spiro atoms. The summed E-state index contributed by atoms with van der Waals surface area (Å²) in [4.78, 5) is 0. The van der Waals surface area contributed by atoms with Crippen LogP contribution in [0.15, 0.2) is 12.2 Å². The second kappa shape index (κ2) is 6.35. The summed E-state index contributed by atoms with van der Waals surface area (Å²) in [6.07, 6.45) is 2.47. The van der Waals surface area contributed by atoms with E-state index in [0.717, 1.165) is 19.4 Å². The van der Waals surface area contributed by atoms with Gasteiger partial charge in [-0.1, -0.05) is 38.8 Å². The van der Waals surface area contributed by atoms with Crippen LogP contribution >= 0.6 is 0 Å². The van der Waals surface area contributed by atoms with E-state index < -0.39 is 18.3 Å². The van der Waals surface area contributed by atoms with Gasteiger partial charge in [-0.25, -0.2) is 0 Å². The van der Waals surface area contributed by atoms with Crippen molar-refractivity contribution in [3.05, 3.63) is 12.2 Å². The Morgan fingerprint density at radius 2 is 1.69 bits per heavy atom. The van der Waals surface area contributed by atoms with E-state index in [1.54, 1.807) is 6.08 Å². The highest BCUT2D eigenvalue weighted by Crippen LogP contribution is 2.14. The lowest BCUT2D eigenvalue weighted by atomic mass is 9.93. The Labute approximate surface area is 97.0 Å². The molecule has 0 saturated carbocycles. The summed E-state index contributed by atoms with van der Waals surface area (Å²) in [7, 11) is 0. The largest absolute Gasteiger partial charge is 0.388 e. The summed E-state index contributed by atoms with van der Waals surface area (Å²) in [5.41, 5.74) is 0. The molecule has 0 aliphatic heterocycles. The monoisotopic (exact) mass is 229 g/mol. The second-order valence-corrected chi connectivity index (χ2v) is 4.47. The lowest BCUT2D eigenvalue weighted by Gasteiger charge is -2.32. The van der Waals surface area contributed by atoms with E-state index in [1.165, 1.54) is 6.08 Å². The molecule has 0 heterocycles. The predicted molar refractivity (Wildman–Crippen MR) is 63.0 cm³/mol. The van der Waals surface area contributed by atoms with Crippen molar-refractivity contribution in [3.8, 4) is 0 Å². The molecule has 0 aromatic carbocycles. The Balaban J connectivity index is 2.45. The number of aliphatic hydroxyl groups is 3. The molecule has 0 unspecified atom stereocenters. The molecule has 4 atom stereocenters. The van der Waals surface area contributed by atoms with Crippen molar-refractivity contribution in [1.82, 2.24) is 5.32 Å². The fraction of sp³-hybridized carbons (Fsp3) is 0.833. The molecule has 4 nitrogen and oxygen atoms in total. The Bertz CT molecular complexity index is 228. The van der Waals surface area contributed by atoms with E-state index in [2.05, 4.69) is 19.2 Å². The van der Waals surface area contributed by atoms with Crippen LogP contribution in [-0.2, 0) is 0 Å². The van der Waals surface area contributed by atoms with Gasteiger partial charge in [0, 0.05) is 0 Å². The van der Waals surface area contributed by atoms with Gasteiger partial charge in [-0.3, -0.25) is 0 Å². The van der Waals surface area contributed by atoms with Crippen molar-refractivity contribution in [3.63, 3.8) is 0 Å². The SMILES string of the molecule is CCC(CC)CN[C@@H]1C=C[C@H](O)[C@H](O)[C@H]1O. The molecule has 16 heavy (non-hydrogen) atoms. The zero-order valence-corrected chi connectivity index (χ0v) is 10.0. The first-order chi connectivity index (χ1) is 7.60. The van der Waals surface area contributed by atoms with Crippen LogP contribution in [0.25, 0.3) is 0 Å². The highest BCUT2D eigenvalue weighted by molar-refractivity contribution is 5.10. The van der Waals surface area contributed by atoms with Crippen LogP contribution in [0.1, 0.15) is 26.7 Å². The molecule has 1 aliphatic rings. The molecule has 0 fully saturated rings. The van der Waals surface area contributed by atoms with Crippen molar-refractivity contribution in [2.45, 2.75) is 51.0 Å². The van der Waals surface area contributed by atoms with Gasteiger partial charge in [-0.05, 0) is 12.5 Å². The average molecular weight is 229 g/mol. The van der Waals surface area contributed by atoms with E-state index in [-0.39, 0.29) is 6.04 Å². The van der Waals surface area contributed by atoms with Crippen LogP contribution in [-0.4, -0.2) is 46.2 Å². The van der Waals surface area contributed by atoms with Crippen LogP contribution in [0, 0.1) is 5.92 Å². The zero-order valence-electron chi connectivity index (χ0n) is 10.0. The first-order valence-corrected chi connectivity index (χ1v) is 6.06. The average Bonchev–Trinajstić information content (AvgIpc) is 2.30. The molecule has 0 bridgehead atoms. The molecule has 1 rings (SSSR count). The van der Waals surface area contributed by atoms with Gasteiger partial charge >= 0.3 is 0 Å². The van der Waals surface area contributed by atoms with Gasteiger partial charge < -0.3 is 20.6 Å². The van der Waals surface area contributed by atoms with E-state index in [9.17, 15) is 15.3 Å². The maximum absolute atomic E-state index is 9.74. The van der Waals surface area contributed by atoms with Crippen LogP contribution in [0.3, 0.4) is 0 Å². The van der Waals surface area contributed by atoms with Gasteiger partial charge in [-0.15, -0.1) is 0 Å².